The van der Waals surface area contributed by atoms with E-state index in [1.54, 1.807) is 0 Å². The third kappa shape index (κ3) is 4.31. The maximum atomic E-state index is 12.0. The molecule has 0 fully saturated rings. The molecule has 0 unspecified atom stereocenters. The highest BCUT2D eigenvalue weighted by Crippen LogP contribution is 2.17. The van der Waals surface area contributed by atoms with Gasteiger partial charge in [0.05, 0.1) is 0 Å². The molecule has 0 aliphatic rings. The van der Waals surface area contributed by atoms with Gasteiger partial charge in [0.2, 0.25) is 5.09 Å². The Balaban J connectivity index is 2.86. The lowest BCUT2D eigenvalue weighted by atomic mass is 10.1. The number of carboxylic acids is 1. The fraction of sp³-hybridized carbons (Fsp3) is 0.538. The van der Waals surface area contributed by atoms with Gasteiger partial charge in [-0.25, -0.2) is 17.5 Å². The Morgan fingerprint density at radius 3 is 2.50 bits per heavy atom. The second-order valence-electron chi connectivity index (χ2n) is 4.91. The van der Waals surface area contributed by atoms with Crippen molar-refractivity contribution in [3.8, 4) is 0 Å². The van der Waals surface area contributed by atoms with Gasteiger partial charge in [-0.2, -0.15) is 0 Å². The lowest BCUT2D eigenvalue weighted by Crippen LogP contribution is -2.40. The molecule has 0 spiro atoms. The number of amides is 1. The van der Waals surface area contributed by atoms with Crippen LogP contribution < -0.4 is 5.32 Å². The quantitative estimate of drug-likeness (QED) is 0.730. The molecule has 0 saturated carbocycles. The van der Waals surface area contributed by atoms with E-state index in [0.29, 0.717) is 12.8 Å². The molecule has 9 heteroatoms. The number of hydrogen-bond acceptors (Lipinski definition) is 5. The highest BCUT2D eigenvalue weighted by molar-refractivity contribution is 7.88. The first-order chi connectivity index (χ1) is 10.2. The predicted octanol–water partition coefficient (Wildman–Crippen LogP) is 0.903. The fourth-order valence-electron chi connectivity index (χ4n) is 1.66. The van der Waals surface area contributed by atoms with Crippen LogP contribution in [-0.4, -0.2) is 49.8 Å². The van der Waals surface area contributed by atoms with Crippen LogP contribution >= 0.6 is 0 Å². The SMILES string of the molecule is CCCC[C@H](NC(=O)c1ccc(S(=O)(=O)N(C)C)o1)C(=O)O. The highest BCUT2D eigenvalue weighted by atomic mass is 32.2. The van der Waals surface area contributed by atoms with Crippen molar-refractivity contribution in [3.05, 3.63) is 17.9 Å². The van der Waals surface area contributed by atoms with Crippen LogP contribution in [0.15, 0.2) is 21.6 Å². The topological polar surface area (TPSA) is 117 Å². The van der Waals surface area contributed by atoms with Gasteiger partial charge in [-0.3, -0.25) is 4.79 Å². The number of sulfonamides is 1. The van der Waals surface area contributed by atoms with Crippen LogP contribution in [0.25, 0.3) is 0 Å². The van der Waals surface area contributed by atoms with Crippen molar-refractivity contribution in [2.75, 3.05) is 14.1 Å². The number of carboxylic acid groups (broad SMARTS) is 1. The van der Waals surface area contributed by atoms with Crippen molar-refractivity contribution in [3.63, 3.8) is 0 Å². The molecular formula is C13H20N2O6S. The molecular weight excluding hydrogens is 312 g/mol. The van der Waals surface area contributed by atoms with Gasteiger partial charge in [-0.15, -0.1) is 0 Å². The van der Waals surface area contributed by atoms with E-state index in [9.17, 15) is 18.0 Å². The first-order valence-corrected chi connectivity index (χ1v) is 8.20. The van der Waals surface area contributed by atoms with Gasteiger partial charge in [0.25, 0.3) is 15.9 Å². The van der Waals surface area contributed by atoms with Gasteiger partial charge in [-0.1, -0.05) is 19.8 Å². The Labute approximate surface area is 129 Å². The van der Waals surface area contributed by atoms with Gasteiger partial charge in [-0.05, 0) is 18.6 Å². The third-order valence-electron chi connectivity index (χ3n) is 2.99. The lowest BCUT2D eigenvalue weighted by molar-refractivity contribution is -0.139. The predicted molar refractivity (Wildman–Crippen MR) is 78.0 cm³/mol. The number of carbonyl (C=O) groups is 2. The molecule has 0 aliphatic heterocycles. The number of rotatable bonds is 8. The van der Waals surface area contributed by atoms with Crippen molar-refractivity contribution >= 4 is 21.9 Å². The number of unbranched alkanes of at least 4 members (excludes halogenated alkanes) is 1. The summed E-state index contributed by atoms with van der Waals surface area (Å²) < 4.78 is 29.7. The average molecular weight is 332 g/mol. The molecule has 1 aromatic rings. The molecule has 22 heavy (non-hydrogen) atoms. The largest absolute Gasteiger partial charge is 0.480 e. The molecule has 1 aromatic heterocycles. The Morgan fingerprint density at radius 2 is 2.00 bits per heavy atom. The van der Waals surface area contributed by atoms with Crippen molar-refractivity contribution in [2.24, 2.45) is 0 Å². The van der Waals surface area contributed by atoms with Crippen molar-refractivity contribution in [2.45, 2.75) is 37.3 Å². The summed E-state index contributed by atoms with van der Waals surface area (Å²) in [6.45, 7) is 1.91. The number of hydrogen-bond donors (Lipinski definition) is 2. The van der Waals surface area contributed by atoms with E-state index >= 15 is 0 Å². The van der Waals surface area contributed by atoms with E-state index in [4.69, 9.17) is 9.52 Å². The van der Waals surface area contributed by atoms with E-state index in [-0.39, 0.29) is 10.9 Å². The van der Waals surface area contributed by atoms with Crippen LogP contribution in [0.4, 0.5) is 0 Å². The lowest BCUT2D eigenvalue weighted by Gasteiger charge is -2.13. The number of nitrogens with zero attached hydrogens (tertiary/aromatic N) is 1. The van der Waals surface area contributed by atoms with Crippen LogP contribution in [0.5, 0.6) is 0 Å². The summed E-state index contributed by atoms with van der Waals surface area (Å²) >= 11 is 0. The molecule has 8 nitrogen and oxygen atoms in total. The summed E-state index contributed by atoms with van der Waals surface area (Å²) in [7, 11) is -1.11. The third-order valence-corrected chi connectivity index (χ3v) is 4.68. The van der Waals surface area contributed by atoms with Crippen LogP contribution in [-0.2, 0) is 14.8 Å². The average Bonchev–Trinajstić information content (AvgIpc) is 2.93. The maximum absolute atomic E-state index is 12.0. The first kappa shape index (κ1) is 18.2. The van der Waals surface area contributed by atoms with Crippen molar-refractivity contribution in [1.82, 2.24) is 9.62 Å². The minimum atomic E-state index is -3.78. The Bertz CT molecular complexity index is 635. The normalized spacial score (nSPS) is 13.1. The summed E-state index contributed by atoms with van der Waals surface area (Å²) in [5.41, 5.74) is 0. The Morgan fingerprint density at radius 1 is 1.36 bits per heavy atom. The molecule has 1 amide bonds. The molecule has 0 aromatic carbocycles. The molecule has 0 saturated heterocycles. The molecule has 0 radical (unpaired) electrons. The number of aliphatic carboxylic acids is 1. The van der Waals surface area contributed by atoms with Gasteiger partial charge < -0.3 is 14.8 Å². The summed E-state index contributed by atoms with van der Waals surface area (Å²) in [6.07, 6.45) is 1.74. The van der Waals surface area contributed by atoms with Gasteiger partial charge >= 0.3 is 5.97 Å². The van der Waals surface area contributed by atoms with Crippen LogP contribution in [0.3, 0.4) is 0 Å². The molecule has 1 atom stereocenters. The summed E-state index contributed by atoms with van der Waals surface area (Å²) in [6, 6.07) is 1.32. The minimum absolute atomic E-state index is 0.247. The zero-order valence-electron chi connectivity index (χ0n) is 12.7. The van der Waals surface area contributed by atoms with E-state index in [2.05, 4.69) is 5.32 Å². The number of nitrogens with one attached hydrogen (secondary N) is 1. The monoisotopic (exact) mass is 332 g/mol. The minimum Gasteiger partial charge on any atom is -0.480 e. The molecule has 1 rings (SSSR count). The number of carbonyl (C=O) groups excluding carboxylic acids is 1. The van der Waals surface area contributed by atoms with E-state index in [1.807, 2.05) is 6.92 Å². The second kappa shape index (κ2) is 7.41. The van der Waals surface area contributed by atoms with Gasteiger partial charge in [0.15, 0.2) is 5.76 Å². The van der Waals surface area contributed by atoms with E-state index in [1.165, 1.54) is 20.2 Å². The summed E-state index contributed by atoms with van der Waals surface area (Å²) in [4.78, 5) is 23.0. The molecule has 2 N–H and O–H groups in total. The highest BCUT2D eigenvalue weighted by Gasteiger charge is 2.25. The Kier molecular flexibility index (Phi) is 6.12. The second-order valence-corrected chi connectivity index (χ2v) is 7.00. The van der Waals surface area contributed by atoms with Crippen molar-refractivity contribution < 1.29 is 27.5 Å². The van der Waals surface area contributed by atoms with Crippen LogP contribution in [0.2, 0.25) is 0 Å². The fourth-order valence-corrected chi connectivity index (χ4v) is 2.45. The van der Waals surface area contributed by atoms with Crippen molar-refractivity contribution in [1.29, 1.82) is 0 Å². The maximum Gasteiger partial charge on any atom is 0.326 e. The van der Waals surface area contributed by atoms with Crippen LogP contribution in [0, 0.1) is 0 Å². The summed E-state index contributed by atoms with van der Waals surface area (Å²) in [5, 5.41) is 11.0. The summed E-state index contributed by atoms with van der Waals surface area (Å²) in [5.74, 6) is -2.15. The standard InChI is InChI=1S/C13H20N2O6S/c1-4-5-6-9(13(17)18)14-12(16)10-7-8-11(21-10)22(19,20)15(2)3/h7-9H,4-6H2,1-3H3,(H,14,16)(H,17,18)/t9-/m0/s1. The van der Waals surface area contributed by atoms with Gasteiger partial charge in [0, 0.05) is 14.1 Å². The molecule has 1 heterocycles. The molecule has 0 aliphatic carbocycles. The molecule has 124 valence electrons. The van der Waals surface area contributed by atoms with Crippen LogP contribution in [0.1, 0.15) is 36.7 Å². The zero-order valence-corrected chi connectivity index (χ0v) is 13.5. The molecule has 0 bridgehead atoms. The first-order valence-electron chi connectivity index (χ1n) is 6.76. The smallest absolute Gasteiger partial charge is 0.326 e. The Hall–Kier alpha value is -1.87. The van der Waals surface area contributed by atoms with E-state index < -0.39 is 27.9 Å². The van der Waals surface area contributed by atoms with Gasteiger partial charge in [0.1, 0.15) is 6.04 Å². The van der Waals surface area contributed by atoms with E-state index in [0.717, 1.165) is 16.8 Å². The number of furan rings is 1. The zero-order chi connectivity index (χ0) is 16.9.